The predicted molar refractivity (Wildman–Crippen MR) is 84.7 cm³/mol. The number of carbonyl (C=O) groups is 1. The highest BCUT2D eigenvalue weighted by Crippen LogP contribution is 2.19. The number of esters is 1. The average Bonchev–Trinajstić information content (AvgIpc) is 2.38. The molecule has 0 N–H and O–H groups in total. The van der Waals surface area contributed by atoms with E-state index in [0.29, 0.717) is 17.1 Å². The Labute approximate surface area is 132 Å². The second-order valence-corrected chi connectivity index (χ2v) is 8.81. The van der Waals surface area contributed by atoms with Crippen LogP contribution in [0.4, 0.5) is 0 Å². The maximum atomic E-state index is 12.1. The van der Waals surface area contributed by atoms with E-state index in [4.69, 9.17) is 0 Å². The Bertz CT molecular complexity index is 540. The topological polar surface area (TPSA) is 60.4 Å². The van der Waals surface area contributed by atoms with Crippen LogP contribution in [0.3, 0.4) is 0 Å². The Morgan fingerprint density at radius 1 is 1.35 bits per heavy atom. The molecule has 0 amide bonds. The van der Waals surface area contributed by atoms with Gasteiger partial charge in [0, 0.05) is 15.5 Å². The van der Waals surface area contributed by atoms with Crippen molar-refractivity contribution in [2.45, 2.75) is 23.5 Å². The SMILES string of the molecule is COC(=O)CC(C)SCCS(=O)(=O)c1ccc(Br)cc1. The van der Waals surface area contributed by atoms with Gasteiger partial charge in [-0.3, -0.25) is 4.79 Å². The van der Waals surface area contributed by atoms with E-state index in [1.165, 1.54) is 18.9 Å². The summed E-state index contributed by atoms with van der Waals surface area (Å²) in [6.07, 6.45) is 0.291. The molecule has 1 atom stereocenters. The van der Waals surface area contributed by atoms with Gasteiger partial charge in [-0.25, -0.2) is 8.42 Å². The molecule has 0 saturated heterocycles. The molecule has 0 aliphatic heterocycles. The number of halogens is 1. The number of ether oxygens (including phenoxy) is 1. The van der Waals surface area contributed by atoms with Gasteiger partial charge in [0.05, 0.1) is 24.2 Å². The van der Waals surface area contributed by atoms with Gasteiger partial charge < -0.3 is 4.74 Å². The van der Waals surface area contributed by atoms with Crippen molar-refractivity contribution < 1.29 is 17.9 Å². The molecule has 0 aromatic heterocycles. The van der Waals surface area contributed by atoms with Gasteiger partial charge in [0.25, 0.3) is 0 Å². The number of methoxy groups -OCH3 is 1. The molecule has 4 nitrogen and oxygen atoms in total. The molecule has 112 valence electrons. The molecule has 20 heavy (non-hydrogen) atoms. The number of hydrogen-bond donors (Lipinski definition) is 0. The maximum absolute atomic E-state index is 12.1. The summed E-state index contributed by atoms with van der Waals surface area (Å²) < 4.78 is 29.6. The largest absolute Gasteiger partial charge is 0.469 e. The molecule has 1 unspecified atom stereocenters. The van der Waals surface area contributed by atoms with Crippen molar-refractivity contribution in [3.8, 4) is 0 Å². The molecule has 1 aromatic carbocycles. The first-order chi connectivity index (χ1) is 9.35. The lowest BCUT2D eigenvalue weighted by molar-refractivity contribution is -0.140. The van der Waals surface area contributed by atoms with Gasteiger partial charge in [-0.05, 0) is 24.3 Å². The van der Waals surface area contributed by atoms with Crippen LogP contribution in [-0.2, 0) is 19.4 Å². The molecule has 0 aliphatic carbocycles. The summed E-state index contributed by atoms with van der Waals surface area (Å²) >= 11 is 4.73. The van der Waals surface area contributed by atoms with Crippen LogP contribution < -0.4 is 0 Å². The van der Waals surface area contributed by atoms with Gasteiger partial charge in [-0.2, -0.15) is 11.8 Å². The normalized spacial score (nSPS) is 12.9. The minimum absolute atomic E-state index is 0.0440. The van der Waals surface area contributed by atoms with Crippen LogP contribution in [0.25, 0.3) is 0 Å². The van der Waals surface area contributed by atoms with Crippen molar-refractivity contribution in [3.63, 3.8) is 0 Å². The van der Waals surface area contributed by atoms with Gasteiger partial charge in [0.2, 0.25) is 0 Å². The summed E-state index contributed by atoms with van der Waals surface area (Å²) in [7, 11) is -1.92. The minimum Gasteiger partial charge on any atom is -0.469 e. The van der Waals surface area contributed by atoms with E-state index in [1.807, 2.05) is 6.92 Å². The van der Waals surface area contributed by atoms with Crippen LogP contribution in [0, 0.1) is 0 Å². The summed E-state index contributed by atoms with van der Waals surface area (Å²) in [6, 6.07) is 6.59. The van der Waals surface area contributed by atoms with Crippen LogP contribution in [0.1, 0.15) is 13.3 Å². The molecule has 0 heterocycles. The summed E-state index contributed by atoms with van der Waals surface area (Å²) in [5, 5.41) is 0.0440. The van der Waals surface area contributed by atoms with Crippen LogP contribution in [0.2, 0.25) is 0 Å². The third kappa shape index (κ3) is 5.85. The smallest absolute Gasteiger partial charge is 0.306 e. The number of benzene rings is 1. The second-order valence-electron chi connectivity index (χ2n) is 4.23. The Kier molecular flexibility index (Phi) is 7.05. The van der Waals surface area contributed by atoms with Gasteiger partial charge in [0.15, 0.2) is 9.84 Å². The van der Waals surface area contributed by atoms with Crippen molar-refractivity contribution in [1.29, 1.82) is 0 Å². The van der Waals surface area contributed by atoms with Crippen molar-refractivity contribution in [1.82, 2.24) is 0 Å². The molecule has 0 bridgehead atoms. The number of sulfone groups is 1. The predicted octanol–water partition coefficient (Wildman–Crippen LogP) is 2.91. The molecule has 7 heteroatoms. The highest BCUT2D eigenvalue weighted by atomic mass is 79.9. The van der Waals surface area contributed by atoms with E-state index >= 15 is 0 Å². The Morgan fingerprint density at radius 2 is 1.95 bits per heavy atom. The van der Waals surface area contributed by atoms with Crippen molar-refractivity contribution in [2.75, 3.05) is 18.6 Å². The van der Waals surface area contributed by atoms with E-state index in [1.54, 1.807) is 24.3 Å². The van der Waals surface area contributed by atoms with Gasteiger partial charge >= 0.3 is 5.97 Å². The first kappa shape index (κ1) is 17.5. The fraction of sp³-hybridized carbons (Fsp3) is 0.462. The first-order valence-electron chi connectivity index (χ1n) is 6.02. The molecule has 0 saturated carbocycles. The van der Waals surface area contributed by atoms with Crippen LogP contribution in [0.15, 0.2) is 33.6 Å². The molecule has 1 aromatic rings. The highest BCUT2D eigenvalue weighted by molar-refractivity contribution is 9.10. The summed E-state index contributed by atoms with van der Waals surface area (Å²) in [5.41, 5.74) is 0. The second kappa shape index (κ2) is 8.05. The van der Waals surface area contributed by atoms with Gasteiger partial charge in [0.1, 0.15) is 0 Å². The molecular weight excluding hydrogens is 364 g/mol. The molecular formula is C13H17BrO4S2. The zero-order valence-electron chi connectivity index (χ0n) is 11.3. The zero-order valence-corrected chi connectivity index (χ0v) is 14.6. The third-order valence-corrected chi connectivity index (χ3v) is 6.30. The van der Waals surface area contributed by atoms with E-state index in [-0.39, 0.29) is 17.0 Å². The summed E-state index contributed by atoms with van der Waals surface area (Å²) in [5.74, 6) is 0.238. The average molecular weight is 381 g/mol. The quantitative estimate of drug-likeness (QED) is 0.680. The fourth-order valence-corrected chi connectivity index (χ4v) is 4.47. The van der Waals surface area contributed by atoms with Crippen LogP contribution >= 0.6 is 27.7 Å². The molecule has 0 fully saturated rings. The fourth-order valence-electron chi connectivity index (χ4n) is 1.50. The van der Waals surface area contributed by atoms with Gasteiger partial charge in [-0.15, -0.1) is 0 Å². The number of thioether (sulfide) groups is 1. The lowest BCUT2D eigenvalue weighted by atomic mass is 10.3. The molecule has 0 spiro atoms. The van der Waals surface area contributed by atoms with E-state index in [0.717, 1.165) is 4.47 Å². The molecule has 0 aliphatic rings. The summed E-state index contributed by atoms with van der Waals surface area (Å²) in [4.78, 5) is 11.4. The first-order valence-corrected chi connectivity index (χ1v) is 9.51. The Morgan fingerprint density at radius 3 is 2.50 bits per heavy atom. The van der Waals surface area contributed by atoms with Crippen molar-refractivity contribution in [2.24, 2.45) is 0 Å². The standard InChI is InChI=1S/C13H17BrO4S2/c1-10(9-13(15)18-2)19-7-8-20(16,17)12-5-3-11(14)4-6-12/h3-6,10H,7-9H2,1-2H3. The van der Waals surface area contributed by atoms with Gasteiger partial charge in [-0.1, -0.05) is 22.9 Å². The minimum atomic E-state index is -3.26. The van der Waals surface area contributed by atoms with E-state index in [2.05, 4.69) is 20.7 Å². The summed E-state index contributed by atoms with van der Waals surface area (Å²) in [6.45, 7) is 1.88. The monoisotopic (exact) mass is 380 g/mol. The number of hydrogen-bond acceptors (Lipinski definition) is 5. The Balaban J connectivity index is 2.48. The third-order valence-electron chi connectivity index (χ3n) is 2.61. The highest BCUT2D eigenvalue weighted by Gasteiger charge is 2.16. The Hall–Kier alpha value is -0.530. The van der Waals surface area contributed by atoms with E-state index in [9.17, 15) is 13.2 Å². The zero-order chi connectivity index (χ0) is 15.2. The lowest BCUT2D eigenvalue weighted by Crippen LogP contribution is -2.13. The van der Waals surface area contributed by atoms with Crippen molar-refractivity contribution >= 4 is 43.5 Å². The molecule has 0 radical (unpaired) electrons. The lowest BCUT2D eigenvalue weighted by Gasteiger charge is -2.10. The number of carbonyl (C=O) groups excluding carboxylic acids is 1. The van der Waals surface area contributed by atoms with Crippen molar-refractivity contribution in [3.05, 3.63) is 28.7 Å². The van der Waals surface area contributed by atoms with Crippen LogP contribution in [-0.4, -0.2) is 38.3 Å². The maximum Gasteiger partial charge on any atom is 0.306 e. The van der Waals surface area contributed by atoms with E-state index < -0.39 is 9.84 Å². The molecule has 1 rings (SSSR count). The van der Waals surface area contributed by atoms with Crippen LogP contribution in [0.5, 0.6) is 0 Å². The number of rotatable bonds is 7.